The molecule has 0 bridgehead atoms. The summed E-state index contributed by atoms with van der Waals surface area (Å²) in [6.45, 7) is 1.74. The molecule has 0 aliphatic carbocycles. The van der Waals surface area contributed by atoms with E-state index in [1.165, 1.54) is 10.7 Å². The van der Waals surface area contributed by atoms with E-state index in [9.17, 15) is 14.9 Å². The van der Waals surface area contributed by atoms with Gasteiger partial charge in [-0.3, -0.25) is 14.9 Å². The van der Waals surface area contributed by atoms with E-state index >= 15 is 0 Å². The van der Waals surface area contributed by atoms with Crippen LogP contribution in [-0.4, -0.2) is 36.5 Å². The molecule has 1 heterocycles. The summed E-state index contributed by atoms with van der Waals surface area (Å²) >= 11 is 1.01. The Morgan fingerprint density at radius 1 is 1.52 bits per heavy atom. The molecular weight excluding hydrogens is 296 g/mol. The second-order valence-electron chi connectivity index (χ2n) is 4.25. The quantitative estimate of drug-likeness (QED) is 0.510. The van der Waals surface area contributed by atoms with Crippen LogP contribution in [0.4, 0.5) is 5.69 Å². The predicted molar refractivity (Wildman–Crippen MR) is 76.2 cm³/mol. The van der Waals surface area contributed by atoms with E-state index in [0.717, 1.165) is 11.8 Å². The first kappa shape index (κ1) is 15.0. The van der Waals surface area contributed by atoms with Gasteiger partial charge in [-0.2, -0.15) is 0 Å². The van der Waals surface area contributed by atoms with Gasteiger partial charge in [0.05, 0.1) is 10.7 Å². The van der Waals surface area contributed by atoms with Crippen LogP contribution >= 0.6 is 11.8 Å². The van der Waals surface area contributed by atoms with Crippen molar-refractivity contribution in [3.63, 3.8) is 0 Å². The summed E-state index contributed by atoms with van der Waals surface area (Å²) in [5.74, 6) is -0.899. The number of aromatic nitrogens is 3. The molecule has 9 heteroatoms. The third-order valence-electron chi connectivity index (χ3n) is 2.72. The van der Waals surface area contributed by atoms with Gasteiger partial charge >= 0.3 is 5.97 Å². The zero-order valence-electron chi connectivity index (χ0n) is 11.3. The average molecular weight is 308 g/mol. The molecule has 0 amide bonds. The highest BCUT2D eigenvalue weighted by Crippen LogP contribution is 2.31. The zero-order valence-corrected chi connectivity index (χ0v) is 12.1. The Bertz CT molecular complexity index is 713. The molecule has 1 aromatic carbocycles. The highest BCUT2D eigenvalue weighted by Gasteiger charge is 2.22. The molecule has 0 fully saturated rings. The van der Waals surface area contributed by atoms with E-state index in [1.807, 2.05) is 0 Å². The number of hydrogen-bond donors (Lipinski definition) is 1. The SMILES string of the molecule is Cc1cccc([N+](=O)[O-])c1-c1nc(SCC(=O)O)n(C)n1. The third-order valence-corrected chi connectivity index (χ3v) is 3.72. The van der Waals surface area contributed by atoms with Crippen LogP contribution < -0.4 is 0 Å². The second kappa shape index (κ2) is 5.92. The van der Waals surface area contributed by atoms with Gasteiger partial charge in [0.1, 0.15) is 5.56 Å². The summed E-state index contributed by atoms with van der Waals surface area (Å²) in [5.41, 5.74) is 0.959. The molecule has 110 valence electrons. The highest BCUT2D eigenvalue weighted by atomic mass is 32.2. The number of aryl methyl sites for hydroxylation is 2. The van der Waals surface area contributed by atoms with Gasteiger partial charge in [-0.05, 0) is 12.5 Å². The lowest BCUT2D eigenvalue weighted by Crippen LogP contribution is -2.00. The van der Waals surface area contributed by atoms with Gasteiger partial charge in [-0.25, -0.2) is 9.67 Å². The van der Waals surface area contributed by atoms with Crippen molar-refractivity contribution in [2.24, 2.45) is 7.05 Å². The highest BCUT2D eigenvalue weighted by molar-refractivity contribution is 7.99. The van der Waals surface area contributed by atoms with Gasteiger partial charge < -0.3 is 5.11 Å². The Morgan fingerprint density at radius 3 is 2.86 bits per heavy atom. The van der Waals surface area contributed by atoms with Gasteiger partial charge in [-0.1, -0.05) is 23.9 Å². The van der Waals surface area contributed by atoms with E-state index in [1.54, 1.807) is 26.1 Å². The number of nitro groups is 1. The van der Waals surface area contributed by atoms with Crippen molar-refractivity contribution < 1.29 is 14.8 Å². The minimum atomic E-state index is -0.966. The van der Waals surface area contributed by atoms with Crippen LogP contribution in [0.2, 0.25) is 0 Å². The Morgan fingerprint density at radius 2 is 2.24 bits per heavy atom. The van der Waals surface area contributed by atoms with E-state index in [2.05, 4.69) is 10.1 Å². The number of carbonyl (C=O) groups is 1. The molecule has 0 aliphatic heterocycles. The monoisotopic (exact) mass is 308 g/mol. The van der Waals surface area contributed by atoms with Crippen molar-refractivity contribution in [2.75, 3.05) is 5.75 Å². The first-order chi connectivity index (χ1) is 9.90. The summed E-state index contributed by atoms with van der Waals surface area (Å²) in [6, 6.07) is 4.73. The molecule has 0 spiro atoms. The van der Waals surface area contributed by atoms with Crippen molar-refractivity contribution in [1.82, 2.24) is 14.8 Å². The van der Waals surface area contributed by atoms with Crippen LogP contribution in [0.25, 0.3) is 11.4 Å². The molecule has 2 rings (SSSR count). The van der Waals surface area contributed by atoms with E-state index in [0.29, 0.717) is 16.3 Å². The van der Waals surface area contributed by atoms with Gasteiger partial charge in [0.2, 0.25) is 0 Å². The van der Waals surface area contributed by atoms with Crippen LogP contribution in [0.1, 0.15) is 5.56 Å². The largest absolute Gasteiger partial charge is 0.481 e. The predicted octanol–water partition coefficient (Wildman–Crippen LogP) is 1.88. The van der Waals surface area contributed by atoms with Crippen molar-refractivity contribution in [2.45, 2.75) is 12.1 Å². The van der Waals surface area contributed by atoms with Gasteiger partial charge in [-0.15, -0.1) is 5.10 Å². The summed E-state index contributed by atoms with van der Waals surface area (Å²) in [7, 11) is 1.62. The van der Waals surface area contributed by atoms with Crippen LogP contribution in [0.5, 0.6) is 0 Å². The lowest BCUT2D eigenvalue weighted by atomic mass is 10.1. The van der Waals surface area contributed by atoms with Crippen molar-refractivity contribution >= 4 is 23.4 Å². The van der Waals surface area contributed by atoms with Crippen LogP contribution in [0.15, 0.2) is 23.4 Å². The number of nitro benzene ring substituents is 1. The Kier molecular flexibility index (Phi) is 4.22. The maximum atomic E-state index is 11.1. The lowest BCUT2D eigenvalue weighted by Gasteiger charge is -2.02. The van der Waals surface area contributed by atoms with Crippen LogP contribution in [-0.2, 0) is 11.8 Å². The summed E-state index contributed by atoms with van der Waals surface area (Å²) in [5, 5.41) is 24.3. The van der Waals surface area contributed by atoms with Gasteiger partial charge in [0.25, 0.3) is 5.69 Å². The van der Waals surface area contributed by atoms with Crippen molar-refractivity contribution in [1.29, 1.82) is 0 Å². The smallest absolute Gasteiger partial charge is 0.313 e. The maximum absolute atomic E-state index is 11.1. The molecule has 0 unspecified atom stereocenters. The van der Waals surface area contributed by atoms with Gasteiger partial charge in [0.15, 0.2) is 11.0 Å². The molecule has 1 aromatic heterocycles. The number of carboxylic acids is 1. The summed E-state index contributed by atoms with van der Waals surface area (Å²) < 4.78 is 1.42. The number of aliphatic carboxylic acids is 1. The second-order valence-corrected chi connectivity index (χ2v) is 5.19. The first-order valence-electron chi connectivity index (χ1n) is 5.90. The average Bonchev–Trinajstić information content (AvgIpc) is 2.76. The van der Waals surface area contributed by atoms with Crippen molar-refractivity contribution in [3.05, 3.63) is 33.9 Å². The molecule has 21 heavy (non-hydrogen) atoms. The molecule has 2 aromatic rings. The normalized spacial score (nSPS) is 10.6. The number of benzene rings is 1. The number of rotatable bonds is 5. The standard InChI is InChI=1S/C12H12N4O4S/c1-7-4-3-5-8(16(19)20)10(7)11-13-12(15(2)14-11)21-6-9(17)18/h3-5H,6H2,1-2H3,(H,17,18). The fraction of sp³-hybridized carbons (Fsp3) is 0.250. The van der Waals surface area contributed by atoms with Crippen LogP contribution in [0, 0.1) is 17.0 Å². The minimum Gasteiger partial charge on any atom is -0.481 e. The minimum absolute atomic E-state index is 0.0737. The van der Waals surface area contributed by atoms with E-state index in [4.69, 9.17) is 5.11 Å². The number of hydrogen-bond acceptors (Lipinski definition) is 6. The molecule has 1 N–H and O–H groups in total. The fourth-order valence-electron chi connectivity index (χ4n) is 1.82. The van der Waals surface area contributed by atoms with E-state index in [-0.39, 0.29) is 17.3 Å². The Labute approximate surface area is 124 Å². The van der Waals surface area contributed by atoms with E-state index < -0.39 is 10.9 Å². The number of thioether (sulfide) groups is 1. The fourth-order valence-corrected chi connectivity index (χ4v) is 2.45. The molecule has 0 saturated carbocycles. The molecule has 0 saturated heterocycles. The Balaban J connectivity index is 2.46. The third kappa shape index (κ3) is 3.19. The zero-order chi connectivity index (χ0) is 15.6. The number of nitrogens with zero attached hydrogens (tertiary/aromatic N) is 4. The molecule has 8 nitrogen and oxygen atoms in total. The Hall–Kier alpha value is -2.42. The lowest BCUT2D eigenvalue weighted by molar-refractivity contribution is -0.384. The van der Waals surface area contributed by atoms with Gasteiger partial charge in [0, 0.05) is 13.1 Å². The molecule has 0 radical (unpaired) electrons. The number of carboxylic acid groups (broad SMARTS) is 1. The topological polar surface area (TPSA) is 111 Å². The van der Waals surface area contributed by atoms with Crippen molar-refractivity contribution in [3.8, 4) is 11.4 Å². The maximum Gasteiger partial charge on any atom is 0.313 e. The summed E-state index contributed by atoms with van der Waals surface area (Å²) in [6.07, 6.45) is 0. The van der Waals surface area contributed by atoms with Crippen LogP contribution in [0.3, 0.4) is 0 Å². The first-order valence-corrected chi connectivity index (χ1v) is 6.88. The molecule has 0 atom stereocenters. The molecular formula is C12H12N4O4S. The molecule has 0 aliphatic rings. The summed E-state index contributed by atoms with van der Waals surface area (Å²) in [4.78, 5) is 25.4.